The highest BCUT2D eigenvalue weighted by Crippen LogP contribution is 2.28. The third-order valence-corrected chi connectivity index (χ3v) is 3.06. The second kappa shape index (κ2) is 5.29. The molecule has 2 heterocycles. The summed E-state index contributed by atoms with van der Waals surface area (Å²) in [7, 11) is 0. The Labute approximate surface area is 124 Å². The molecule has 0 radical (unpaired) electrons. The zero-order chi connectivity index (χ0) is 14.8. The first-order valence-corrected chi connectivity index (χ1v) is 6.34. The molecule has 0 spiro atoms. The fourth-order valence-corrected chi connectivity index (χ4v) is 1.99. The van der Waals surface area contributed by atoms with Crippen molar-refractivity contribution < 1.29 is 9.21 Å². The Morgan fingerprint density at radius 1 is 1.33 bits per heavy atom. The molecule has 106 valence electrons. The van der Waals surface area contributed by atoms with E-state index >= 15 is 0 Å². The molecule has 0 saturated heterocycles. The van der Waals surface area contributed by atoms with Crippen molar-refractivity contribution in [3.63, 3.8) is 0 Å². The summed E-state index contributed by atoms with van der Waals surface area (Å²) in [6, 6.07) is 8.20. The molecule has 0 fully saturated rings. The first-order valence-electron chi connectivity index (χ1n) is 5.96. The fraction of sp³-hybridized carbons (Fsp3) is 0. The summed E-state index contributed by atoms with van der Waals surface area (Å²) in [5.74, 6) is 0.471. The standard InChI is InChI=1S/C13H10ClN5O2/c14-9-4-3-7(16-12(20)10-2-1-5-21-10)6-8(9)11-17-13(15)19-18-11/h1-6H,(H,16,20)(H3,15,17,18,19). The summed E-state index contributed by atoms with van der Waals surface area (Å²) >= 11 is 6.12. The van der Waals surface area contributed by atoms with E-state index in [0.29, 0.717) is 22.1 Å². The summed E-state index contributed by atoms with van der Waals surface area (Å²) in [6.07, 6.45) is 1.43. The van der Waals surface area contributed by atoms with Crippen LogP contribution in [0.25, 0.3) is 11.4 Å². The molecule has 0 unspecified atom stereocenters. The van der Waals surface area contributed by atoms with Crippen LogP contribution in [0.4, 0.5) is 11.6 Å². The monoisotopic (exact) mass is 303 g/mol. The van der Waals surface area contributed by atoms with E-state index in [4.69, 9.17) is 21.8 Å². The molecule has 0 saturated carbocycles. The molecule has 1 aromatic carbocycles. The molecule has 7 nitrogen and oxygen atoms in total. The largest absolute Gasteiger partial charge is 0.459 e. The van der Waals surface area contributed by atoms with Crippen molar-refractivity contribution in [3.8, 4) is 11.4 Å². The van der Waals surface area contributed by atoms with Crippen molar-refractivity contribution in [2.75, 3.05) is 11.1 Å². The number of furan rings is 1. The predicted molar refractivity (Wildman–Crippen MR) is 77.9 cm³/mol. The number of carbonyl (C=O) groups excluding carboxylic acids is 1. The topological polar surface area (TPSA) is 110 Å². The second-order valence-electron chi connectivity index (χ2n) is 4.18. The summed E-state index contributed by atoms with van der Waals surface area (Å²) in [4.78, 5) is 14.7. The van der Waals surface area contributed by atoms with Crippen LogP contribution in [-0.4, -0.2) is 21.1 Å². The zero-order valence-corrected chi connectivity index (χ0v) is 11.4. The van der Waals surface area contributed by atoms with Gasteiger partial charge in [0.2, 0.25) is 5.95 Å². The molecule has 21 heavy (non-hydrogen) atoms. The number of benzene rings is 1. The van der Waals surface area contributed by atoms with Gasteiger partial charge in [0.05, 0.1) is 11.3 Å². The third kappa shape index (κ3) is 2.72. The molecule has 2 aromatic heterocycles. The van der Waals surface area contributed by atoms with Crippen molar-refractivity contribution in [1.82, 2.24) is 15.2 Å². The highest BCUT2D eigenvalue weighted by atomic mass is 35.5. The number of carbonyl (C=O) groups is 1. The molecule has 0 aliphatic carbocycles. The number of aromatic amines is 1. The quantitative estimate of drug-likeness (QED) is 0.688. The number of nitrogen functional groups attached to an aromatic ring is 1. The van der Waals surface area contributed by atoms with Gasteiger partial charge in [-0.25, -0.2) is 0 Å². The van der Waals surface area contributed by atoms with Gasteiger partial charge in [-0.05, 0) is 30.3 Å². The smallest absolute Gasteiger partial charge is 0.291 e. The second-order valence-corrected chi connectivity index (χ2v) is 4.59. The van der Waals surface area contributed by atoms with Gasteiger partial charge in [-0.15, -0.1) is 10.2 Å². The number of hydrogen-bond donors (Lipinski definition) is 3. The Morgan fingerprint density at radius 3 is 2.86 bits per heavy atom. The van der Waals surface area contributed by atoms with Gasteiger partial charge in [-0.3, -0.25) is 4.79 Å². The van der Waals surface area contributed by atoms with Crippen molar-refractivity contribution in [2.24, 2.45) is 0 Å². The molecule has 8 heteroatoms. The number of nitrogens with one attached hydrogen (secondary N) is 2. The number of nitrogens with two attached hydrogens (primary N) is 1. The van der Waals surface area contributed by atoms with Crippen LogP contribution in [0.15, 0.2) is 41.0 Å². The predicted octanol–water partition coefficient (Wildman–Crippen LogP) is 2.55. The highest BCUT2D eigenvalue weighted by molar-refractivity contribution is 6.33. The van der Waals surface area contributed by atoms with Crippen LogP contribution in [0.2, 0.25) is 5.02 Å². The summed E-state index contributed by atoms with van der Waals surface area (Å²) in [5, 5.41) is 10.7. The lowest BCUT2D eigenvalue weighted by Crippen LogP contribution is -2.10. The molecule has 0 atom stereocenters. The van der Waals surface area contributed by atoms with Crippen molar-refractivity contribution >= 4 is 29.1 Å². The van der Waals surface area contributed by atoms with Crippen molar-refractivity contribution in [3.05, 3.63) is 47.4 Å². The lowest BCUT2D eigenvalue weighted by molar-refractivity contribution is 0.0996. The molecular weight excluding hydrogens is 294 g/mol. The zero-order valence-electron chi connectivity index (χ0n) is 10.6. The highest BCUT2D eigenvalue weighted by Gasteiger charge is 2.12. The third-order valence-electron chi connectivity index (χ3n) is 2.73. The average Bonchev–Trinajstić information content (AvgIpc) is 3.12. The maximum atomic E-state index is 11.9. The number of halogens is 1. The van der Waals surface area contributed by atoms with E-state index in [0.717, 1.165) is 0 Å². The molecule has 0 aliphatic heterocycles. The number of nitrogens with zero attached hydrogens (tertiary/aromatic N) is 2. The van der Waals surface area contributed by atoms with Gasteiger partial charge in [0.25, 0.3) is 5.91 Å². The minimum atomic E-state index is -0.356. The number of rotatable bonds is 3. The summed E-state index contributed by atoms with van der Waals surface area (Å²) < 4.78 is 5.03. The first-order chi connectivity index (χ1) is 10.1. The molecule has 0 bridgehead atoms. The van der Waals surface area contributed by atoms with Gasteiger partial charge in [-0.1, -0.05) is 11.6 Å². The molecule has 4 N–H and O–H groups in total. The minimum Gasteiger partial charge on any atom is -0.459 e. The SMILES string of the molecule is Nc1nnc(-c2cc(NC(=O)c3ccco3)ccc2Cl)[nH]1. The van der Waals surface area contributed by atoms with Crippen LogP contribution in [0, 0.1) is 0 Å². The van der Waals surface area contributed by atoms with Gasteiger partial charge >= 0.3 is 0 Å². The maximum absolute atomic E-state index is 11.9. The van der Waals surface area contributed by atoms with Crippen LogP contribution in [-0.2, 0) is 0 Å². The molecule has 1 amide bonds. The summed E-state index contributed by atoms with van der Waals surface area (Å²) in [5.41, 5.74) is 6.62. The Bertz CT molecular complexity index is 782. The Morgan fingerprint density at radius 2 is 2.19 bits per heavy atom. The van der Waals surface area contributed by atoms with Gasteiger partial charge < -0.3 is 20.5 Å². The van der Waals surface area contributed by atoms with E-state index in [-0.39, 0.29) is 17.6 Å². The minimum absolute atomic E-state index is 0.186. The van der Waals surface area contributed by atoms with E-state index in [1.807, 2.05) is 0 Å². The van der Waals surface area contributed by atoms with E-state index in [9.17, 15) is 4.79 Å². The number of aromatic nitrogens is 3. The van der Waals surface area contributed by atoms with Gasteiger partial charge in [-0.2, -0.15) is 0 Å². The van der Waals surface area contributed by atoms with E-state index in [1.165, 1.54) is 6.26 Å². The van der Waals surface area contributed by atoms with Crippen LogP contribution in [0.3, 0.4) is 0 Å². The Kier molecular flexibility index (Phi) is 3.33. The molecular formula is C13H10ClN5O2. The fourth-order valence-electron chi connectivity index (χ4n) is 1.78. The van der Waals surface area contributed by atoms with Crippen molar-refractivity contribution in [1.29, 1.82) is 0 Å². The molecule has 0 aliphatic rings. The van der Waals surface area contributed by atoms with E-state index < -0.39 is 0 Å². The number of anilines is 2. The van der Waals surface area contributed by atoms with Crippen LogP contribution < -0.4 is 11.1 Å². The van der Waals surface area contributed by atoms with E-state index in [1.54, 1.807) is 30.3 Å². The van der Waals surface area contributed by atoms with Crippen LogP contribution in [0.5, 0.6) is 0 Å². The molecule has 3 aromatic rings. The first kappa shape index (κ1) is 13.2. The lowest BCUT2D eigenvalue weighted by Gasteiger charge is -2.06. The van der Waals surface area contributed by atoms with Crippen LogP contribution in [0.1, 0.15) is 10.6 Å². The van der Waals surface area contributed by atoms with Crippen LogP contribution >= 0.6 is 11.6 Å². The Balaban J connectivity index is 1.89. The molecule has 3 rings (SSSR count). The number of hydrogen-bond acceptors (Lipinski definition) is 5. The van der Waals surface area contributed by atoms with Crippen molar-refractivity contribution in [2.45, 2.75) is 0 Å². The number of H-pyrrole nitrogens is 1. The maximum Gasteiger partial charge on any atom is 0.291 e. The summed E-state index contributed by atoms with van der Waals surface area (Å²) in [6.45, 7) is 0. The number of amides is 1. The van der Waals surface area contributed by atoms with Gasteiger partial charge in [0, 0.05) is 11.3 Å². The van der Waals surface area contributed by atoms with Gasteiger partial charge in [0.15, 0.2) is 11.6 Å². The van der Waals surface area contributed by atoms with E-state index in [2.05, 4.69) is 20.5 Å². The lowest BCUT2D eigenvalue weighted by atomic mass is 10.2. The Hall–Kier alpha value is -2.80. The average molecular weight is 304 g/mol. The van der Waals surface area contributed by atoms with Gasteiger partial charge in [0.1, 0.15) is 0 Å². The normalized spacial score (nSPS) is 10.5.